The minimum absolute atomic E-state index is 0.183. The van der Waals surface area contributed by atoms with Gasteiger partial charge in [-0.2, -0.15) is 0 Å². The number of benzene rings is 1. The predicted molar refractivity (Wildman–Crippen MR) is 74.1 cm³/mol. The Bertz CT molecular complexity index is 551. The van der Waals surface area contributed by atoms with E-state index in [4.69, 9.17) is 9.84 Å². The van der Waals surface area contributed by atoms with Crippen LogP contribution in [0.15, 0.2) is 30.3 Å². The number of ether oxygens (including phenoxy) is 1. The first-order chi connectivity index (χ1) is 9.20. The summed E-state index contributed by atoms with van der Waals surface area (Å²) in [5, 5.41) is 9.84. The summed E-state index contributed by atoms with van der Waals surface area (Å²) in [4.78, 5) is 16.0. The van der Waals surface area contributed by atoms with Gasteiger partial charge >= 0.3 is 5.97 Å². The molecule has 2 aromatic rings. The first-order valence-electron chi connectivity index (χ1n) is 6.10. The lowest BCUT2D eigenvalue weighted by molar-refractivity contribution is 0.0690. The Kier molecular flexibility index (Phi) is 4.52. The molecule has 4 nitrogen and oxygen atoms in total. The number of aryl methyl sites for hydroxylation is 1. The van der Waals surface area contributed by atoms with E-state index in [1.165, 1.54) is 11.3 Å². The zero-order valence-corrected chi connectivity index (χ0v) is 11.4. The number of hydrogen-bond acceptors (Lipinski definition) is 4. The number of rotatable bonds is 6. The third-order valence-corrected chi connectivity index (χ3v) is 3.85. The largest absolute Gasteiger partial charge is 0.493 e. The van der Waals surface area contributed by atoms with Gasteiger partial charge in [0, 0.05) is 11.3 Å². The maximum absolute atomic E-state index is 11.0. The van der Waals surface area contributed by atoms with Gasteiger partial charge < -0.3 is 9.84 Å². The Hall–Kier alpha value is -1.88. The van der Waals surface area contributed by atoms with Gasteiger partial charge in [-0.3, -0.25) is 0 Å². The molecular weight excluding hydrogens is 262 g/mol. The Morgan fingerprint density at radius 2 is 2.11 bits per heavy atom. The predicted octanol–water partition coefficient (Wildman–Crippen LogP) is 3.03. The Labute approximate surface area is 115 Å². The van der Waals surface area contributed by atoms with E-state index >= 15 is 0 Å². The molecule has 1 N–H and O–H groups in total. The monoisotopic (exact) mass is 277 g/mol. The van der Waals surface area contributed by atoms with E-state index in [1.807, 2.05) is 37.3 Å². The molecule has 0 aliphatic rings. The van der Waals surface area contributed by atoms with Gasteiger partial charge in [-0.1, -0.05) is 25.1 Å². The summed E-state index contributed by atoms with van der Waals surface area (Å²) >= 11 is 1.45. The Morgan fingerprint density at radius 1 is 1.37 bits per heavy atom. The van der Waals surface area contributed by atoms with Crippen LogP contribution in [0.5, 0.6) is 5.75 Å². The molecule has 0 aliphatic carbocycles. The maximum Gasteiger partial charge on any atom is 0.355 e. The van der Waals surface area contributed by atoms with Crippen LogP contribution in [0.4, 0.5) is 0 Å². The summed E-state index contributed by atoms with van der Waals surface area (Å²) in [7, 11) is 0. The molecule has 1 aromatic carbocycles. The standard InChI is InChI=1S/C14H15NO3S/c1-2-11-13(14(16)17)15-12(19-11)8-9-18-10-6-4-3-5-7-10/h3-7H,2,8-9H2,1H3,(H,16,17). The maximum atomic E-state index is 11.0. The fraction of sp³-hybridized carbons (Fsp3) is 0.286. The molecule has 0 aliphatic heterocycles. The highest BCUT2D eigenvalue weighted by Gasteiger charge is 2.15. The average molecular weight is 277 g/mol. The van der Waals surface area contributed by atoms with Crippen LogP contribution in [-0.2, 0) is 12.8 Å². The fourth-order valence-electron chi connectivity index (χ4n) is 1.69. The molecule has 0 saturated heterocycles. The molecule has 0 fully saturated rings. The summed E-state index contributed by atoms with van der Waals surface area (Å²) in [6.45, 7) is 2.43. The van der Waals surface area contributed by atoms with E-state index in [0.717, 1.165) is 15.6 Å². The second-order valence-electron chi connectivity index (χ2n) is 3.95. The second kappa shape index (κ2) is 6.33. The first kappa shape index (κ1) is 13.5. The van der Waals surface area contributed by atoms with E-state index in [0.29, 0.717) is 19.4 Å². The number of carbonyl (C=O) groups is 1. The highest BCUT2D eigenvalue weighted by atomic mass is 32.1. The molecule has 2 rings (SSSR count). The van der Waals surface area contributed by atoms with E-state index in [9.17, 15) is 4.79 Å². The van der Waals surface area contributed by atoms with Crippen molar-refractivity contribution in [2.24, 2.45) is 0 Å². The number of aromatic nitrogens is 1. The zero-order chi connectivity index (χ0) is 13.7. The van der Waals surface area contributed by atoms with Crippen molar-refractivity contribution in [3.63, 3.8) is 0 Å². The van der Waals surface area contributed by atoms with Crippen LogP contribution in [0.25, 0.3) is 0 Å². The normalized spacial score (nSPS) is 10.4. The van der Waals surface area contributed by atoms with Crippen LogP contribution in [0.3, 0.4) is 0 Å². The van der Waals surface area contributed by atoms with Gasteiger partial charge in [0.25, 0.3) is 0 Å². The van der Waals surface area contributed by atoms with Gasteiger partial charge in [0.2, 0.25) is 0 Å². The first-order valence-corrected chi connectivity index (χ1v) is 6.92. The molecule has 0 unspecified atom stereocenters. The van der Waals surface area contributed by atoms with Gasteiger partial charge in [-0.25, -0.2) is 9.78 Å². The molecule has 19 heavy (non-hydrogen) atoms. The quantitative estimate of drug-likeness (QED) is 0.881. The number of aromatic carboxylic acids is 1. The molecule has 0 saturated carbocycles. The zero-order valence-electron chi connectivity index (χ0n) is 10.6. The SMILES string of the molecule is CCc1sc(CCOc2ccccc2)nc1C(=O)O. The molecule has 0 radical (unpaired) electrons. The van der Waals surface area contributed by atoms with Gasteiger partial charge in [0.15, 0.2) is 5.69 Å². The molecule has 0 bridgehead atoms. The van der Waals surface area contributed by atoms with Crippen molar-refractivity contribution >= 4 is 17.3 Å². The topological polar surface area (TPSA) is 59.4 Å². The lowest BCUT2D eigenvalue weighted by Crippen LogP contribution is -2.03. The van der Waals surface area contributed by atoms with E-state index in [2.05, 4.69) is 4.98 Å². The summed E-state index contributed by atoms with van der Waals surface area (Å²) in [6, 6.07) is 9.54. The summed E-state index contributed by atoms with van der Waals surface area (Å²) in [5.41, 5.74) is 0.183. The minimum atomic E-state index is -0.955. The number of nitrogens with zero attached hydrogens (tertiary/aromatic N) is 1. The molecule has 0 amide bonds. The van der Waals surface area contributed by atoms with Crippen molar-refractivity contribution in [2.45, 2.75) is 19.8 Å². The van der Waals surface area contributed by atoms with Crippen molar-refractivity contribution in [1.82, 2.24) is 4.98 Å². The van der Waals surface area contributed by atoms with Gasteiger partial charge in [0.05, 0.1) is 11.6 Å². The lowest BCUT2D eigenvalue weighted by atomic mass is 10.3. The number of carboxylic acids is 1. The molecule has 0 spiro atoms. The smallest absolute Gasteiger partial charge is 0.355 e. The van der Waals surface area contributed by atoms with Crippen LogP contribution in [0, 0.1) is 0 Å². The van der Waals surface area contributed by atoms with E-state index in [1.54, 1.807) is 0 Å². The number of hydrogen-bond donors (Lipinski definition) is 1. The lowest BCUT2D eigenvalue weighted by Gasteiger charge is -2.03. The van der Waals surface area contributed by atoms with Crippen molar-refractivity contribution in [3.8, 4) is 5.75 Å². The average Bonchev–Trinajstić information content (AvgIpc) is 2.83. The van der Waals surface area contributed by atoms with Crippen molar-refractivity contribution in [1.29, 1.82) is 0 Å². The molecule has 5 heteroatoms. The summed E-state index contributed by atoms with van der Waals surface area (Å²) in [5.74, 6) is -0.142. The fourth-order valence-corrected chi connectivity index (χ4v) is 2.67. The molecule has 0 atom stereocenters. The molecular formula is C14H15NO3S. The summed E-state index contributed by atoms with van der Waals surface area (Å²) in [6.07, 6.45) is 1.32. The van der Waals surface area contributed by atoms with Crippen molar-refractivity contribution < 1.29 is 14.6 Å². The van der Waals surface area contributed by atoms with E-state index < -0.39 is 5.97 Å². The van der Waals surface area contributed by atoms with Gasteiger partial charge in [-0.15, -0.1) is 11.3 Å². The summed E-state index contributed by atoms with van der Waals surface area (Å²) < 4.78 is 5.57. The number of para-hydroxylation sites is 1. The molecule has 1 aromatic heterocycles. The van der Waals surface area contributed by atoms with Crippen molar-refractivity contribution in [3.05, 3.63) is 45.9 Å². The molecule has 100 valence electrons. The van der Waals surface area contributed by atoms with Crippen molar-refractivity contribution in [2.75, 3.05) is 6.61 Å². The third kappa shape index (κ3) is 3.54. The van der Waals surface area contributed by atoms with Gasteiger partial charge in [-0.05, 0) is 18.6 Å². The Balaban J connectivity index is 1.95. The third-order valence-electron chi connectivity index (χ3n) is 2.59. The number of thiazole rings is 1. The highest BCUT2D eigenvalue weighted by Crippen LogP contribution is 2.20. The second-order valence-corrected chi connectivity index (χ2v) is 5.12. The number of carboxylic acid groups (broad SMARTS) is 1. The molecule has 1 heterocycles. The Morgan fingerprint density at radius 3 is 2.68 bits per heavy atom. The van der Waals surface area contributed by atoms with E-state index in [-0.39, 0.29) is 5.69 Å². The van der Waals surface area contributed by atoms with Crippen LogP contribution >= 0.6 is 11.3 Å². The van der Waals surface area contributed by atoms with Crippen LogP contribution in [0.1, 0.15) is 27.3 Å². The highest BCUT2D eigenvalue weighted by molar-refractivity contribution is 7.11. The van der Waals surface area contributed by atoms with Crippen LogP contribution < -0.4 is 4.74 Å². The van der Waals surface area contributed by atoms with Crippen LogP contribution in [0.2, 0.25) is 0 Å². The van der Waals surface area contributed by atoms with Gasteiger partial charge in [0.1, 0.15) is 5.75 Å². The minimum Gasteiger partial charge on any atom is -0.493 e. The van der Waals surface area contributed by atoms with Crippen LogP contribution in [-0.4, -0.2) is 22.7 Å².